The van der Waals surface area contributed by atoms with Gasteiger partial charge in [0.2, 0.25) is 0 Å². The number of furan rings is 1. The molecule has 0 spiro atoms. The van der Waals surface area contributed by atoms with E-state index in [-0.39, 0.29) is 18.2 Å². The van der Waals surface area contributed by atoms with Crippen LogP contribution in [0.25, 0.3) is 5.57 Å². The number of ketones is 1. The molecule has 4 nitrogen and oxygen atoms in total. The summed E-state index contributed by atoms with van der Waals surface area (Å²) in [5.74, 6) is -1.99. The predicted molar refractivity (Wildman–Crippen MR) is 85.6 cm³/mol. The molecule has 1 aromatic carbocycles. The van der Waals surface area contributed by atoms with Crippen LogP contribution < -0.4 is 0 Å². The van der Waals surface area contributed by atoms with E-state index in [1.807, 2.05) is 0 Å². The number of benzene rings is 1. The highest BCUT2D eigenvalue weighted by molar-refractivity contribution is 6.10. The molecule has 0 aliphatic heterocycles. The Hall–Kier alpha value is -2.69. The van der Waals surface area contributed by atoms with E-state index >= 15 is 0 Å². The lowest BCUT2D eigenvalue weighted by Gasteiger charge is -2.27. The van der Waals surface area contributed by atoms with Crippen molar-refractivity contribution in [2.75, 3.05) is 6.61 Å². The average molecular weight is 328 g/mol. The van der Waals surface area contributed by atoms with Crippen LogP contribution in [0.2, 0.25) is 0 Å². The molecule has 0 saturated heterocycles. The number of ether oxygens (including phenoxy) is 1. The Morgan fingerprint density at radius 2 is 2.04 bits per heavy atom. The smallest absolute Gasteiger partial charge is 0.317 e. The van der Waals surface area contributed by atoms with Gasteiger partial charge in [-0.05, 0) is 54.8 Å². The van der Waals surface area contributed by atoms with Crippen LogP contribution in [0, 0.1) is 11.7 Å². The minimum absolute atomic E-state index is 0.210. The lowest BCUT2D eigenvalue weighted by Crippen LogP contribution is -2.33. The third-order valence-electron chi connectivity index (χ3n) is 4.13. The van der Waals surface area contributed by atoms with Gasteiger partial charge in [0.05, 0.1) is 12.9 Å². The third kappa shape index (κ3) is 3.15. The normalized spacial score (nSPS) is 20.6. The summed E-state index contributed by atoms with van der Waals surface area (Å²) >= 11 is 0. The minimum atomic E-state index is -0.916. The minimum Gasteiger partial charge on any atom is -0.469 e. The zero-order valence-corrected chi connectivity index (χ0v) is 13.2. The lowest BCUT2D eigenvalue weighted by molar-refractivity contribution is -0.151. The van der Waals surface area contributed by atoms with Crippen molar-refractivity contribution >= 4 is 17.3 Å². The molecule has 1 heterocycles. The van der Waals surface area contributed by atoms with Gasteiger partial charge in [-0.2, -0.15) is 0 Å². The number of hydrogen-bond donors (Lipinski definition) is 0. The molecule has 0 radical (unpaired) electrons. The predicted octanol–water partition coefficient (Wildman–Crippen LogP) is 3.74. The van der Waals surface area contributed by atoms with E-state index in [0.717, 1.165) is 11.1 Å². The fraction of sp³-hybridized carbons (Fsp3) is 0.263. The van der Waals surface area contributed by atoms with Crippen molar-refractivity contribution < 1.29 is 23.1 Å². The molecule has 24 heavy (non-hydrogen) atoms. The maximum absolute atomic E-state index is 13.1. The Balaban J connectivity index is 1.98. The van der Waals surface area contributed by atoms with Crippen LogP contribution in [0.5, 0.6) is 0 Å². The van der Waals surface area contributed by atoms with Gasteiger partial charge in [-0.25, -0.2) is 4.39 Å². The van der Waals surface area contributed by atoms with Crippen LogP contribution in [0.4, 0.5) is 4.39 Å². The summed E-state index contributed by atoms with van der Waals surface area (Å²) in [6.07, 6.45) is 3.40. The van der Waals surface area contributed by atoms with Crippen molar-refractivity contribution in [1.82, 2.24) is 0 Å². The zero-order chi connectivity index (χ0) is 17.1. The Morgan fingerprint density at radius 1 is 1.29 bits per heavy atom. The zero-order valence-electron chi connectivity index (χ0n) is 13.2. The van der Waals surface area contributed by atoms with Gasteiger partial charge in [-0.1, -0.05) is 12.1 Å². The van der Waals surface area contributed by atoms with Crippen molar-refractivity contribution in [3.8, 4) is 0 Å². The van der Waals surface area contributed by atoms with Gasteiger partial charge in [0, 0.05) is 5.92 Å². The van der Waals surface area contributed by atoms with Gasteiger partial charge in [0.1, 0.15) is 17.5 Å². The molecule has 0 amide bonds. The second-order valence-corrected chi connectivity index (χ2v) is 5.63. The molecule has 0 saturated carbocycles. The van der Waals surface area contributed by atoms with Gasteiger partial charge in [0.25, 0.3) is 0 Å². The van der Waals surface area contributed by atoms with Crippen LogP contribution in [0.15, 0.2) is 53.2 Å². The monoisotopic (exact) mass is 328 g/mol. The standard InChI is InChI=1S/C19H17FO4/c1-2-23-19(22)18-15(17-4-3-9-24-17)10-13(11-16(18)21)12-5-7-14(20)8-6-12/h3-9,11,15,18H,2,10H2,1H3/t15-,18-/m0/s1. The van der Waals surface area contributed by atoms with E-state index in [2.05, 4.69) is 0 Å². The quantitative estimate of drug-likeness (QED) is 0.634. The van der Waals surface area contributed by atoms with E-state index in [9.17, 15) is 14.0 Å². The Kier molecular flexibility index (Phi) is 4.60. The number of allylic oxidation sites excluding steroid dienone is 2. The maximum atomic E-state index is 13.1. The second-order valence-electron chi connectivity index (χ2n) is 5.63. The second kappa shape index (κ2) is 6.83. The highest BCUT2D eigenvalue weighted by atomic mass is 19.1. The van der Waals surface area contributed by atoms with Crippen molar-refractivity contribution in [2.45, 2.75) is 19.3 Å². The molecule has 124 valence electrons. The molecule has 2 atom stereocenters. The summed E-state index contributed by atoms with van der Waals surface area (Å²) in [6.45, 7) is 1.91. The summed E-state index contributed by atoms with van der Waals surface area (Å²) in [5, 5.41) is 0. The molecule has 0 unspecified atom stereocenters. The Bertz CT molecular complexity index is 759. The number of rotatable bonds is 4. The van der Waals surface area contributed by atoms with Gasteiger partial charge < -0.3 is 9.15 Å². The van der Waals surface area contributed by atoms with E-state index in [1.165, 1.54) is 24.5 Å². The van der Waals surface area contributed by atoms with Crippen LogP contribution in [0.3, 0.4) is 0 Å². The first-order valence-corrected chi connectivity index (χ1v) is 7.80. The first-order chi connectivity index (χ1) is 11.6. The summed E-state index contributed by atoms with van der Waals surface area (Å²) in [5.41, 5.74) is 1.51. The SMILES string of the molecule is CCOC(=O)[C@@H]1C(=O)C=C(c2ccc(F)cc2)C[C@H]1c1ccco1. The first kappa shape index (κ1) is 16.2. The number of esters is 1. The molecular weight excluding hydrogens is 311 g/mol. The molecule has 1 aromatic heterocycles. The molecule has 0 bridgehead atoms. The fourth-order valence-corrected chi connectivity index (χ4v) is 3.02. The third-order valence-corrected chi connectivity index (χ3v) is 4.13. The van der Waals surface area contributed by atoms with E-state index < -0.39 is 17.8 Å². The molecule has 0 N–H and O–H groups in total. The molecule has 3 rings (SSSR count). The van der Waals surface area contributed by atoms with Gasteiger partial charge in [0.15, 0.2) is 5.78 Å². The lowest BCUT2D eigenvalue weighted by atomic mass is 9.76. The van der Waals surface area contributed by atoms with E-state index in [0.29, 0.717) is 12.2 Å². The molecule has 2 aromatic rings. The number of hydrogen-bond acceptors (Lipinski definition) is 4. The van der Waals surface area contributed by atoms with Crippen LogP contribution in [-0.4, -0.2) is 18.4 Å². The van der Waals surface area contributed by atoms with Crippen molar-refractivity contribution in [2.24, 2.45) is 5.92 Å². The number of halogens is 1. The summed E-state index contributed by atoms with van der Waals surface area (Å²) in [4.78, 5) is 24.8. The largest absolute Gasteiger partial charge is 0.469 e. The van der Waals surface area contributed by atoms with E-state index in [4.69, 9.17) is 9.15 Å². The van der Waals surface area contributed by atoms with Crippen LogP contribution >= 0.6 is 0 Å². The summed E-state index contributed by atoms with van der Waals surface area (Å²) in [7, 11) is 0. The van der Waals surface area contributed by atoms with Crippen LogP contribution in [-0.2, 0) is 14.3 Å². The molecule has 0 fully saturated rings. The Morgan fingerprint density at radius 3 is 2.67 bits per heavy atom. The fourth-order valence-electron chi connectivity index (χ4n) is 3.02. The molecule has 1 aliphatic rings. The Labute approximate surface area is 138 Å². The van der Waals surface area contributed by atoms with Gasteiger partial charge >= 0.3 is 5.97 Å². The molecular formula is C19H17FO4. The number of carbonyl (C=O) groups excluding carboxylic acids is 2. The average Bonchev–Trinajstić information content (AvgIpc) is 3.09. The highest BCUT2D eigenvalue weighted by Crippen LogP contribution is 2.40. The summed E-state index contributed by atoms with van der Waals surface area (Å²) < 4.78 is 23.6. The van der Waals surface area contributed by atoms with Crippen molar-refractivity contribution in [1.29, 1.82) is 0 Å². The topological polar surface area (TPSA) is 56.5 Å². The number of carbonyl (C=O) groups is 2. The maximum Gasteiger partial charge on any atom is 0.317 e. The van der Waals surface area contributed by atoms with Gasteiger partial charge in [-0.15, -0.1) is 0 Å². The van der Waals surface area contributed by atoms with Crippen LogP contribution in [0.1, 0.15) is 30.6 Å². The summed E-state index contributed by atoms with van der Waals surface area (Å²) in [6, 6.07) is 9.41. The molecule has 1 aliphatic carbocycles. The van der Waals surface area contributed by atoms with Crippen molar-refractivity contribution in [3.63, 3.8) is 0 Å². The molecule has 5 heteroatoms. The highest BCUT2D eigenvalue weighted by Gasteiger charge is 2.41. The van der Waals surface area contributed by atoms with Crippen molar-refractivity contribution in [3.05, 3.63) is 65.9 Å². The van der Waals surface area contributed by atoms with Gasteiger partial charge in [-0.3, -0.25) is 9.59 Å². The van der Waals surface area contributed by atoms with E-state index in [1.54, 1.807) is 31.2 Å². The first-order valence-electron chi connectivity index (χ1n) is 7.80.